The molecule has 0 amide bonds. The SMILES string of the molecule is O=S(=O)(O)c1ccc(Cl)cc1Cl.[NaH]. The maximum absolute atomic E-state index is 10.6. The quantitative estimate of drug-likeness (QED) is 0.609. The fourth-order valence-corrected chi connectivity index (χ4v) is 1.93. The van der Waals surface area contributed by atoms with Gasteiger partial charge in [0.05, 0.1) is 5.02 Å². The molecule has 0 radical (unpaired) electrons. The van der Waals surface area contributed by atoms with E-state index in [9.17, 15) is 8.42 Å². The second kappa shape index (κ2) is 4.98. The normalized spacial score (nSPS) is 10.7. The summed E-state index contributed by atoms with van der Waals surface area (Å²) in [6.45, 7) is 0. The van der Waals surface area contributed by atoms with Gasteiger partial charge in [0.2, 0.25) is 0 Å². The Kier molecular flexibility index (Phi) is 5.25. The Hall–Kier alpha value is 0.710. The van der Waals surface area contributed by atoms with Crippen LogP contribution < -0.4 is 0 Å². The van der Waals surface area contributed by atoms with Gasteiger partial charge in [-0.25, -0.2) is 0 Å². The van der Waals surface area contributed by atoms with Crippen LogP contribution in [0.15, 0.2) is 23.1 Å². The molecule has 68 valence electrons. The van der Waals surface area contributed by atoms with E-state index in [1.807, 2.05) is 0 Å². The Morgan fingerprint density at radius 3 is 2.15 bits per heavy atom. The van der Waals surface area contributed by atoms with Gasteiger partial charge in [0.1, 0.15) is 4.90 Å². The van der Waals surface area contributed by atoms with Crippen LogP contribution in [0.5, 0.6) is 0 Å². The Bertz CT molecular complexity index is 404. The first kappa shape index (κ1) is 13.7. The van der Waals surface area contributed by atoms with E-state index in [0.29, 0.717) is 5.02 Å². The van der Waals surface area contributed by atoms with Crippen molar-refractivity contribution >= 4 is 62.9 Å². The maximum atomic E-state index is 10.6. The zero-order valence-corrected chi connectivity index (χ0v) is 7.99. The molecule has 13 heavy (non-hydrogen) atoms. The van der Waals surface area contributed by atoms with Gasteiger partial charge in [-0.15, -0.1) is 0 Å². The van der Waals surface area contributed by atoms with Crippen molar-refractivity contribution in [3.8, 4) is 0 Å². The summed E-state index contributed by atoms with van der Waals surface area (Å²) in [6.07, 6.45) is 0. The molecule has 0 aliphatic rings. The van der Waals surface area contributed by atoms with E-state index >= 15 is 0 Å². The van der Waals surface area contributed by atoms with Crippen molar-refractivity contribution in [2.45, 2.75) is 4.90 Å². The molecule has 0 aliphatic heterocycles. The zero-order chi connectivity index (χ0) is 9.35. The van der Waals surface area contributed by atoms with E-state index in [1.165, 1.54) is 12.1 Å². The molecule has 0 unspecified atom stereocenters. The van der Waals surface area contributed by atoms with Gasteiger partial charge < -0.3 is 0 Å². The first-order valence-electron chi connectivity index (χ1n) is 2.84. The fourth-order valence-electron chi connectivity index (χ4n) is 0.684. The molecular weight excluding hydrogens is 246 g/mol. The monoisotopic (exact) mass is 250 g/mol. The van der Waals surface area contributed by atoms with Gasteiger partial charge in [-0.05, 0) is 18.2 Å². The molecule has 0 heterocycles. The third-order valence-corrected chi connectivity index (χ3v) is 2.74. The summed E-state index contributed by atoms with van der Waals surface area (Å²) in [4.78, 5) is -0.339. The van der Waals surface area contributed by atoms with Crippen LogP contribution in [0.3, 0.4) is 0 Å². The summed E-state index contributed by atoms with van der Waals surface area (Å²) < 4.78 is 29.8. The van der Waals surface area contributed by atoms with Crippen LogP contribution in [0, 0.1) is 0 Å². The molecule has 0 aliphatic carbocycles. The summed E-state index contributed by atoms with van der Waals surface area (Å²) in [5.74, 6) is 0. The summed E-state index contributed by atoms with van der Waals surface area (Å²) in [6, 6.07) is 3.71. The minimum atomic E-state index is -4.24. The first-order chi connectivity index (χ1) is 5.41. The molecule has 0 aromatic heterocycles. The van der Waals surface area contributed by atoms with E-state index in [1.54, 1.807) is 0 Å². The summed E-state index contributed by atoms with van der Waals surface area (Å²) in [5.41, 5.74) is 0. The van der Waals surface area contributed by atoms with Crippen LogP contribution in [0.25, 0.3) is 0 Å². The molecule has 0 saturated heterocycles. The average Bonchev–Trinajstić information content (AvgIpc) is 1.83. The fraction of sp³-hybridized carbons (Fsp3) is 0. The van der Waals surface area contributed by atoms with Crippen molar-refractivity contribution in [3.63, 3.8) is 0 Å². The molecule has 3 nitrogen and oxygen atoms in total. The van der Waals surface area contributed by atoms with Gasteiger partial charge in [0.15, 0.2) is 0 Å². The predicted octanol–water partition coefficient (Wildman–Crippen LogP) is 1.59. The molecule has 0 spiro atoms. The van der Waals surface area contributed by atoms with Gasteiger partial charge in [-0.2, -0.15) is 8.42 Å². The van der Waals surface area contributed by atoms with Crippen molar-refractivity contribution < 1.29 is 13.0 Å². The van der Waals surface area contributed by atoms with E-state index < -0.39 is 10.1 Å². The van der Waals surface area contributed by atoms with Crippen LogP contribution in [-0.2, 0) is 10.1 Å². The van der Waals surface area contributed by atoms with Crippen LogP contribution >= 0.6 is 23.2 Å². The van der Waals surface area contributed by atoms with Crippen LogP contribution in [0.2, 0.25) is 10.0 Å². The van der Waals surface area contributed by atoms with Crippen molar-refractivity contribution in [3.05, 3.63) is 28.2 Å². The summed E-state index contributed by atoms with van der Waals surface area (Å²) in [7, 11) is -4.24. The molecule has 0 saturated carbocycles. The van der Waals surface area contributed by atoms with Gasteiger partial charge in [0.25, 0.3) is 10.1 Å². The molecule has 7 heteroatoms. The predicted molar refractivity (Wildman–Crippen MR) is 53.4 cm³/mol. The van der Waals surface area contributed by atoms with E-state index in [0.717, 1.165) is 6.07 Å². The Labute approximate surface area is 108 Å². The molecular formula is C6H5Cl2NaO3S. The zero-order valence-electron chi connectivity index (χ0n) is 5.66. The van der Waals surface area contributed by atoms with Gasteiger partial charge in [0, 0.05) is 5.02 Å². The van der Waals surface area contributed by atoms with Crippen molar-refractivity contribution in [2.75, 3.05) is 0 Å². The minimum absolute atomic E-state index is 0. The van der Waals surface area contributed by atoms with E-state index in [2.05, 4.69) is 0 Å². The van der Waals surface area contributed by atoms with Crippen molar-refractivity contribution in [1.29, 1.82) is 0 Å². The summed E-state index contributed by atoms with van der Waals surface area (Å²) >= 11 is 11.0. The molecule has 0 fully saturated rings. The third kappa shape index (κ3) is 3.75. The average molecular weight is 251 g/mol. The molecule has 1 aromatic carbocycles. The standard InChI is InChI=1S/C6H4Cl2O3S.Na.H/c7-4-1-2-6(5(8)3-4)12(9,10)11;;/h1-3H,(H,9,10,11);;. The number of hydrogen-bond acceptors (Lipinski definition) is 2. The number of benzene rings is 1. The van der Waals surface area contributed by atoms with Gasteiger partial charge >= 0.3 is 29.6 Å². The second-order valence-electron chi connectivity index (χ2n) is 2.05. The second-order valence-corrected chi connectivity index (χ2v) is 4.28. The van der Waals surface area contributed by atoms with E-state index in [-0.39, 0.29) is 39.5 Å². The van der Waals surface area contributed by atoms with Crippen LogP contribution in [0.1, 0.15) is 0 Å². The third-order valence-electron chi connectivity index (χ3n) is 1.17. The molecule has 1 aromatic rings. The Morgan fingerprint density at radius 1 is 1.23 bits per heavy atom. The van der Waals surface area contributed by atoms with Gasteiger partial charge in [-0.1, -0.05) is 23.2 Å². The van der Waals surface area contributed by atoms with Crippen molar-refractivity contribution in [1.82, 2.24) is 0 Å². The van der Waals surface area contributed by atoms with E-state index in [4.69, 9.17) is 27.8 Å². The van der Waals surface area contributed by atoms with Crippen molar-refractivity contribution in [2.24, 2.45) is 0 Å². The number of rotatable bonds is 1. The topological polar surface area (TPSA) is 54.4 Å². The Morgan fingerprint density at radius 2 is 1.77 bits per heavy atom. The Balaban J connectivity index is 0.00000144. The molecule has 0 bridgehead atoms. The number of hydrogen-bond donors (Lipinski definition) is 1. The first-order valence-corrected chi connectivity index (χ1v) is 5.03. The van der Waals surface area contributed by atoms with Crippen LogP contribution in [0.4, 0.5) is 0 Å². The summed E-state index contributed by atoms with van der Waals surface area (Å²) in [5, 5.41) is 0.220. The molecule has 1 N–H and O–H groups in total. The van der Waals surface area contributed by atoms with Crippen LogP contribution in [-0.4, -0.2) is 42.5 Å². The van der Waals surface area contributed by atoms with Gasteiger partial charge in [-0.3, -0.25) is 4.55 Å². The molecule has 1 rings (SSSR count). The number of halogens is 2. The molecule has 0 atom stereocenters.